The largest absolute Gasteiger partial charge is 0.334 e. The number of nitrogens with zero attached hydrogens (tertiary/aromatic N) is 11. The zero-order valence-electron chi connectivity index (χ0n) is 48.8. The Labute approximate surface area is 496 Å². The van der Waals surface area contributed by atoms with E-state index in [-0.39, 0.29) is 24.2 Å². The van der Waals surface area contributed by atoms with Gasteiger partial charge in [-0.15, -0.1) is 0 Å². The van der Waals surface area contributed by atoms with E-state index < -0.39 is 5.41 Å². The lowest BCUT2D eigenvalue weighted by atomic mass is 9.76. The normalized spacial score (nSPS) is 28.0. The van der Waals surface area contributed by atoms with E-state index in [1.165, 1.54) is 33.4 Å². The maximum absolute atomic E-state index is 13.8. The summed E-state index contributed by atoms with van der Waals surface area (Å²) in [5.74, 6) is 6.07. The Morgan fingerprint density at radius 1 is 0.417 bits per heavy atom. The topological polar surface area (TPSA) is 179 Å². The number of fused-ring (bicyclic) bond motifs is 13. The van der Waals surface area contributed by atoms with Crippen LogP contribution in [0.1, 0.15) is 109 Å². The number of benzene rings is 1. The third-order valence-corrected chi connectivity index (χ3v) is 19.3. The fraction of sp³-hybridized carbons (Fsp3) is 0.507. The van der Waals surface area contributed by atoms with Crippen LogP contribution in [-0.2, 0) is 39.1 Å². The monoisotopic (exact) mass is 1130 g/mol. The maximum Gasteiger partial charge on any atom is 0.233 e. The lowest BCUT2D eigenvalue weighted by Gasteiger charge is -2.34. The minimum atomic E-state index is -0.498. The van der Waals surface area contributed by atoms with E-state index in [0.717, 1.165) is 187 Å². The van der Waals surface area contributed by atoms with Crippen LogP contribution in [-0.4, -0.2) is 173 Å². The minimum absolute atomic E-state index is 0. The van der Waals surface area contributed by atoms with Gasteiger partial charge in [0.25, 0.3) is 0 Å². The van der Waals surface area contributed by atoms with Crippen molar-refractivity contribution >= 4 is 52.7 Å². The number of amides is 3. The van der Waals surface area contributed by atoms with Crippen molar-refractivity contribution in [2.45, 2.75) is 111 Å². The van der Waals surface area contributed by atoms with Crippen LogP contribution in [0.2, 0.25) is 0 Å². The number of hydrogen-bond acceptors (Lipinski definition) is 14. The lowest BCUT2D eigenvalue weighted by molar-refractivity contribution is -0.140. The van der Waals surface area contributed by atoms with E-state index in [1.54, 1.807) is 0 Å². The van der Waals surface area contributed by atoms with Crippen molar-refractivity contribution in [3.63, 3.8) is 0 Å². The molecule has 11 aliphatic rings. The minimum Gasteiger partial charge on any atom is -0.334 e. The van der Waals surface area contributed by atoms with Crippen molar-refractivity contribution < 1.29 is 14.4 Å². The molecule has 17 heteroatoms. The van der Waals surface area contributed by atoms with Crippen LogP contribution >= 0.6 is 0 Å². The van der Waals surface area contributed by atoms with Crippen molar-refractivity contribution in [1.82, 2.24) is 39.5 Å². The molecule has 0 spiro atoms. The van der Waals surface area contributed by atoms with E-state index in [2.05, 4.69) is 105 Å². The number of amidine groups is 3. The molecule has 17 nitrogen and oxygen atoms in total. The molecule has 2 saturated heterocycles. The van der Waals surface area contributed by atoms with Gasteiger partial charge in [0.2, 0.25) is 17.7 Å². The first kappa shape index (κ1) is 57.1. The molecule has 11 aliphatic heterocycles. The van der Waals surface area contributed by atoms with Crippen LogP contribution < -0.4 is 16.0 Å². The molecule has 0 radical (unpaired) electrons. The Hall–Kier alpha value is -7.37. The molecule has 0 aliphatic carbocycles. The molecule has 0 saturated carbocycles. The molecule has 16 bridgehead atoms. The van der Waals surface area contributed by atoms with Crippen LogP contribution in [0.5, 0.6) is 0 Å². The first-order chi connectivity index (χ1) is 40.3. The predicted molar refractivity (Wildman–Crippen MR) is 334 cm³/mol. The van der Waals surface area contributed by atoms with E-state index in [9.17, 15) is 14.4 Å². The molecule has 4 aromatic rings. The fourth-order valence-electron chi connectivity index (χ4n) is 14.5. The molecule has 2 fully saturated rings. The number of aryl methyl sites for hydroxylation is 3. The molecule has 3 amide bonds. The molecule has 440 valence electrons. The third-order valence-electron chi connectivity index (χ3n) is 19.3. The predicted octanol–water partition coefficient (Wildman–Crippen LogP) is 8.55. The summed E-state index contributed by atoms with van der Waals surface area (Å²) in [5, 5.41) is 10.2. The standard InChI is InChI=1S/C25H28N4O.C21H27N5O.C20H25N5O.CH4/c1-25(19-9-4-2-5-10-19)14-7-3-6-11-20-12-8-13-22(27-20)28-23-21-17-29(24(25)30)16-18(21)15-26-23;1-21-8-10-25(14-21)9-3-2-5-16-6-4-7-18(23-16)24-19-17-13-26(20(21)27)12-15(17)11-22-19;1-20-7-9-24(13-20)8-3-5-15-4-2-6-17(22-15)23-18-16-12-25(19(20)26)11-14(16)10-21-18;/h2,4-5,8-10,12-13H,3,6-7,11,14-17H2,1H3,(H,26,27,28);4,6-7H,2-3,5,8-14H2,1H3,(H,22,23,24);2,4,6H,3,5,7-13H2,1H3,(H,21,22,23);1H4. The van der Waals surface area contributed by atoms with Gasteiger partial charge < -0.3 is 40.4 Å². The molecule has 14 heterocycles. The highest BCUT2D eigenvalue weighted by Gasteiger charge is 2.47. The smallest absolute Gasteiger partial charge is 0.233 e. The van der Waals surface area contributed by atoms with E-state index in [4.69, 9.17) is 19.9 Å². The van der Waals surface area contributed by atoms with Gasteiger partial charge in [-0.2, -0.15) is 0 Å². The van der Waals surface area contributed by atoms with Gasteiger partial charge in [0.1, 0.15) is 35.0 Å². The summed E-state index contributed by atoms with van der Waals surface area (Å²) >= 11 is 0. The number of rotatable bonds is 1. The van der Waals surface area contributed by atoms with Crippen molar-refractivity contribution in [3.05, 3.63) is 141 Å². The molecule has 1 aromatic carbocycles. The lowest BCUT2D eigenvalue weighted by Crippen LogP contribution is -2.45. The van der Waals surface area contributed by atoms with Gasteiger partial charge in [0.15, 0.2) is 0 Å². The van der Waals surface area contributed by atoms with E-state index in [0.29, 0.717) is 57.6 Å². The second kappa shape index (κ2) is 23.9. The molecule has 3 N–H and O–H groups in total. The number of aromatic nitrogens is 3. The number of aliphatic imine (C=N–C) groups is 3. The summed E-state index contributed by atoms with van der Waals surface area (Å²) in [7, 11) is 0. The van der Waals surface area contributed by atoms with Crippen LogP contribution in [0.25, 0.3) is 0 Å². The Morgan fingerprint density at radius 2 is 0.833 bits per heavy atom. The Kier molecular flexibility index (Phi) is 16.3. The highest BCUT2D eigenvalue weighted by Crippen LogP contribution is 2.39. The molecular weight excluding hydrogens is 1050 g/mol. The van der Waals surface area contributed by atoms with Gasteiger partial charge in [-0.25, -0.2) is 15.0 Å². The van der Waals surface area contributed by atoms with E-state index >= 15 is 0 Å². The van der Waals surface area contributed by atoms with Gasteiger partial charge in [0.05, 0.1) is 35.9 Å². The number of hydrogen-bond donors (Lipinski definition) is 3. The second-order valence-corrected chi connectivity index (χ2v) is 25.6. The molecule has 15 rings (SSSR count). The second-order valence-electron chi connectivity index (χ2n) is 25.6. The average Bonchev–Trinajstić information content (AvgIpc) is 4.36. The zero-order chi connectivity index (χ0) is 56.7. The van der Waals surface area contributed by atoms with E-state index in [1.807, 2.05) is 51.1 Å². The van der Waals surface area contributed by atoms with Crippen molar-refractivity contribution in [2.24, 2.45) is 25.8 Å². The number of pyridine rings is 3. The van der Waals surface area contributed by atoms with Gasteiger partial charge in [-0.05, 0) is 170 Å². The van der Waals surface area contributed by atoms with Crippen LogP contribution in [0, 0.1) is 10.8 Å². The van der Waals surface area contributed by atoms with Crippen LogP contribution in [0.3, 0.4) is 0 Å². The number of nitrogens with one attached hydrogen (secondary N) is 3. The van der Waals surface area contributed by atoms with Gasteiger partial charge in [-0.1, -0.05) is 68.8 Å². The fourth-order valence-corrected chi connectivity index (χ4v) is 14.5. The molecule has 5 atom stereocenters. The average molecular weight is 1130 g/mol. The summed E-state index contributed by atoms with van der Waals surface area (Å²) in [6.07, 6.45) is 12.2. The molecular formula is C67H84N14O3. The molecule has 3 aromatic heterocycles. The Morgan fingerprint density at radius 3 is 1.30 bits per heavy atom. The van der Waals surface area contributed by atoms with Gasteiger partial charge in [0, 0.05) is 86.2 Å². The summed E-state index contributed by atoms with van der Waals surface area (Å²) in [6, 6.07) is 28.8. The number of carbonyl (C=O) groups excluding carboxylic acids is 3. The van der Waals surface area contributed by atoms with Crippen molar-refractivity contribution in [1.29, 1.82) is 0 Å². The Balaban J connectivity index is 0.000000124. The quantitative estimate of drug-likeness (QED) is 0.166. The molecule has 84 heavy (non-hydrogen) atoms. The Bertz CT molecular complexity index is 3400. The maximum atomic E-state index is 13.8. The third kappa shape index (κ3) is 11.7. The first-order valence-corrected chi connectivity index (χ1v) is 30.7. The van der Waals surface area contributed by atoms with Crippen LogP contribution in [0.15, 0.2) is 133 Å². The highest BCUT2D eigenvalue weighted by molar-refractivity contribution is 6.12. The number of carbonyl (C=O) groups is 3. The summed E-state index contributed by atoms with van der Waals surface area (Å²) < 4.78 is 0. The first-order valence-electron chi connectivity index (χ1n) is 30.7. The number of anilines is 3. The van der Waals surface area contributed by atoms with Crippen molar-refractivity contribution in [3.8, 4) is 0 Å². The summed E-state index contributed by atoms with van der Waals surface area (Å²) in [6.45, 7) is 18.5. The van der Waals surface area contributed by atoms with Gasteiger partial charge in [-0.3, -0.25) is 29.4 Å². The zero-order valence-corrected chi connectivity index (χ0v) is 48.8. The van der Waals surface area contributed by atoms with Crippen LogP contribution in [0.4, 0.5) is 17.5 Å². The highest BCUT2D eigenvalue weighted by atomic mass is 16.2. The molecule has 5 unspecified atom stereocenters. The van der Waals surface area contributed by atoms with Crippen molar-refractivity contribution in [2.75, 3.05) is 114 Å². The summed E-state index contributed by atoms with van der Waals surface area (Å²) in [5.41, 5.74) is 10.9. The van der Waals surface area contributed by atoms with Gasteiger partial charge >= 0.3 is 0 Å². The summed E-state index contributed by atoms with van der Waals surface area (Å²) in [4.78, 5) is 79.7. The SMILES string of the molecule is C.CC1(c2ccccc2)CCCCCc2cccc(n2)NC2=NCC3=C2CN(C3)C1=O.CC12CCN(CCCCc3cccc(n3)NC3=NCC4=C3CN(C4)C1=O)C2.CC12CCN(CCCc3cccc(n3)NC3=NCC4=C3CN(C4)C1=O)C2.